The van der Waals surface area contributed by atoms with Crippen LogP contribution in [0.25, 0.3) is 0 Å². The first kappa shape index (κ1) is 29.1. The van der Waals surface area contributed by atoms with Gasteiger partial charge in [0.15, 0.2) is 0 Å². The predicted octanol–water partition coefficient (Wildman–Crippen LogP) is 9.42. The minimum atomic E-state index is 0.0638. The highest BCUT2D eigenvalue weighted by atomic mass is 15.2. The summed E-state index contributed by atoms with van der Waals surface area (Å²) in [5.41, 5.74) is 8.18. The third-order valence-electron chi connectivity index (χ3n) is 9.19. The largest absolute Gasteiger partial charge is 0.371 e. The number of anilines is 2. The molecule has 2 heterocycles. The summed E-state index contributed by atoms with van der Waals surface area (Å²) in [6.45, 7) is 19.9. The van der Waals surface area contributed by atoms with Crippen molar-refractivity contribution in [3.63, 3.8) is 0 Å². The lowest BCUT2D eigenvalue weighted by atomic mass is 9.68. The molecule has 1 saturated carbocycles. The Kier molecular flexibility index (Phi) is 10.4. The van der Waals surface area contributed by atoms with Crippen molar-refractivity contribution >= 4 is 11.4 Å². The zero-order valence-electron chi connectivity index (χ0n) is 24.9. The van der Waals surface area contributed by atoms with Gasteiger partial charge in [0.25, 0.3) is 0 Å². The first-order valence-electron chi connectivity index (χ1n) is 15.4. The van der Waals surface area contributed by atoms with E-state index in [1.807, 2.05) is 0 Å². The first-order valence-corrected chi connectivity index (χ1v) is 15.4. The highest BCUT2D eigenvalue weighted by Gasteiger charge is 2.37. The molecular formula is C36H51N3. The maximum atomic E-state index is 4.51. The standard InChI is InChI=1S/C36H51N3/c1-7-11-14-31-24-39(25-32-15-12-13-16-33(31)32)27(6)18-21-29(9-3)26(5)17-20-30(10-4)36-37-34-22-19-28(8-2)23-35(34)38-36/h9-10,17-23,31-33,36-38H,5-8,11-16,24-25H2,1-4H3/b20-17-,21-18-,29-9+,30-10+. The lowest BCUT2D eigenvalue weighted by Gasteiger charge is -2.47. The molecule has 0 radical (unpaired) electrons. The second-order valence-corrected chi connectivity index (χ2v) is 11.7. The van der Waals surface area contributed by atoms with Crippen molar-refractivity contribution in [2.45, 2.75) is 85.2 Å². The molecule has 0 bridgehead atoms. The Bertz CT molecular complexity index is 1130. The molecule has 4 atom stereocenters. The van der Waals surface area contributed by atoms with Gasteiger partial charge in [-0.3, -0.25) is 0 Å². The summed E-state index contributed by atoms with van der Waals surface area (Å²) in [6.07, 6.45) is 23.8. The zero-order valence-corrected chi connectivity index (χ0v) is 24.9. The van der Waals surface area contributed by atoms with Crippen molar-refractivity contribution in [2.24, 2.45) is 17.8 Å². The molecule has 0 aromatic heterocycles. The lowest BCUT2D eigenvalue weighted by molar-refractivity contribution is 0.0484. The Morgan fingerprint density at radius 3 is 2.49 bits per heavy atom. The van der Waals surface area contributed by atoms with E-state index in [-0.39, 0.29) is 6.17 Å². The van der Waals surface area contributed by atoms with Crippen LogP contribution in [0, 0.1) is 17.8 Å². The van der Waals surface area contributed by atoms with Crippen LogP contribution in [0.4, 0.5) is 11.4 Å². The monoisotopic (exact) mass is 525 g/mol. The predicted molar refractivity (Wildman–Crippen MR) is 171 cm³/mol. The van der Waals surface area contributed by atoms with Crippen LogP contribution in [0.3, 0.4) is 0 Å². The number of unbranched alkanes of at least 4 members (excludes halogenated alkanes) is 1. The number of hydrogen-bond donors (Lipinski definition) is 2. The van der Waals surface area contributed by atoms with E-state index in [0.29, 0.717) is 0 Å². The van der Waals surface area contributed by atoms with E-state index in [4.69, 9.17) is 0 Å². The van der Waals surface area contributed by atoms with Crippen LogP contribution in [0.5, 0.6) is 0 Å². The number of likely N-dealkylation sites (tertiary alicyclic amines) is 1. The maximum Gasteiger partial charge on any atom is 0.123 e. The number of aryl methyl sites for hydroxylation is 1. The fourth-order valence-electron chi connectivity index (χ4n) is 6.77. The maximum absolute atomic E-state index is 4.51. The summed E-state index contributed by atoms with van der Waals surface area (Å²) in [5, 5.41) is 7.24. The number of allylic oxidation sites excluding steroid dienone is 7. The van der Waals surface area contributed by atoms with Crippen LogP contribution in [-0.4, -0.2) is 24.2 Å². The normalized spacial score (nSPS) is 25.4. The molecule has 3 heteroatoms. The Morgan fingerprint density at radius 2 is 1.74 bits per heavy atom. The second-order valence-electron chi connectivity index (χ2n) is 11.7. The van der Waals surface area contributed by atoms with Gasteiger partial charge in [-0.05, 0) is 97.8 Å². The molecule has 4 unspecified atom stereocenters. The third-order valence-corrected chi connectivity index (χ3v) is 9.19. The molecule has 2 N–H and O–H groups in total. The molecule has 210 valence electrons. The van der Waals surface area contributed by atoms with Crippen molar-refractivity contribution in [3.8, 4) is 0 Å². The van der Waals surface area contributed by atoms with Gasteiger partial charge in [0.1, 0.15) is 6.17 Å². The first-order chi connectivity index (χ1) is 19.0. The number of benzene rings is 1. The van der Waals surface area contributed by atoms with Gasteiger partial charge in [-0.2, -0.15) is 0 Å². The Morgan fingerprint density at radius 1 is 0.949 bits per heavy atom. The van der Waals surface area contributed by atoms with Gasteiger partial charge in [0.05, 0.1) is 11.4 Å². The van der Waals surface area contributed by atoms with Crippen molar-refractivity contribution in [2.75, 3.05) is 23.7 Å². The number of hydrogen-bond acceptors (Lipinski definition) is 3. The molecule has 2 aliphatic heterocycles. The molecule has 0 amide bonds. The quantitative estimate of drug-likeness (QED) is 0.282. The smallest absolute Gasteiger partial charge is 0.123 e. The Hall–Kier alpha value is -2.94. The van der Waals surface area contributed by atoms with E-state index in [9.17, 15) is 0 Å². The number of nitrogens with one attached hydrogen (secondary N) is 2. The van der Waals surface area contributed by atoms with Gasteiger partial charge in [0, 0.05) is 18.8 Å². The molecule has 1 aromatic carbocycles. The third kappa shape index (κ3) is 7.18. The fraction of sp³-hybridized carbons (Fsp3) is 0.500. The van der Waals surface area contributed by atoms with E-state index < -0.39 is 0 Å². The lowest BCUT2D eigenvalue weighted by Crippen LogP contribution is -2.46. The number of piperidine rings is 1. The highest BCUT2D eigenvalue weighted by Crippen LogP contribution is 2.42. The van der Waals surface area contributed by atoms with Gasteiger partial charge in [-0.25, -0.2) is 0 Å². The molecule has 1 aliphatic carbocycles. The highest BCUT2D eigenvalue weighted by molar-refractivity contribution is 5.77. The van der Waals surface area contributed by atoms with E-state index in [1.54, 1.807) is 0 Å². The fourth-order valence-corrected chi connectivity index (χ4v) is 6.77. The van der Waals surface area contributed by atoms with Crippen LogP contribution in [-0.2, 0) is 6.42 Å². The van der Waals surface area contributed by atoms with Crippen LogP contribution < -0.4 is 10.6 Å². The van der Waals surface area contributed by atoms with Crippen LogP contribution in [0.15, 0.2) is 90.2 Å². The minimum Gasteiger partial charge on any atom is -0.371 e. The molecule has 2 fully saturated rings. The van der Waals surface area contributed by atoms with Gasteiger partial charge in [0.2, 0.25) is 0 Å². The zero-order chi connectivity index (χ0) is 27.8. The van der Waals surface area contributed by atoms with Crippen molar-refractivity contribution in [1.82, 2.24) is 4.90 Å². The van der Waals surface area contributed by atoms with E-state index >= 15 is 0 Å². The summed E-state index contributed by atoms with van der Waals surface area (Å²) < 4.78 is 0. The summed E-state index contributed by atoms with van der Waals surface area (Å²) in [4.78, 5) is 2.58. The van der Waals surface area contributed by atoms with Gasteiger partial charge >= 0.3 is 0 Å². The van der Waals surface area contributed by atoms with Gasteiger partial charge in [-0.1, -0.05) is 89.1 Å². The number of rotatable bonds is 11. The molecule has 3 nitrogen and oxygen atoms in total. The Labute approximate surface area is 238 Å². The molecule has 1 aromatic rings. The van der Waals surface area contributed by atoms with Crippen molar-refractivity contribution < 1.29 is 0 Å². The topological polar surface area (TPSA) is 27.3 Å². The molecule has 1 saturated heterocycles. The van der Waals surface area contributed by atoms with Gasteiger partial charge < -0.3 is 15.5 Å². The molecule has 3 aliphatic rings. The van der Waals surface area contributed by atoms with Crippen molar-refractivity contribution in [3.05, 3.63) is 95.8 Å². The molecule has 4 rings (SSSR count). The number of fused-ring (bicyclic) bond motifs is 2. The Balaban J connectivity index is 1.36. The summed E-state index contributed by atoms with van der Waals surface area (Å²) in [7, 11) is 0. The average molecular weight is 526 g/mol. The minimum absolute atomic E-state index is 0.0638. The van der Waals surface area contributed by atoms with E-state index in [1.165, 1.54) is 74.9 Å². The summed E-state index contributed by atoms with van der Waals surface area (Å²) in [5.74, 6) is 2.60. The summed E-state index contributed by atoms with van der Waals surface area (Å²) >= 11 is 0. The molecule has 39 heavy (non-hydrogen) atoms. The van der Waals surface area contributed by atoms with Crippen LogP contribution in [0.2, 0.25) is 0 Å². The molecular weight excluding hydrogens is 474 g/mol. The summed E-state index contributed by atoms with van der Waals surface area (Å²) in [6, 6.07) is 6.62. The van der Waals surface area contributed by atoms with E-state index in [2.05, 4.69) is 111 Å². The average Bonchev–Trinajstić information content (AvgIpc) is 3.39. The van der Waals surface area contributed by atoms with E-state index in [0.717, 1.165) is 46.7 Å². The SMILES string of the molecule is C=C(/C=C\C(=C/C)C1Nc2ccc(CC)cc2N1)C(/C=C\C(=C)N1CC(CCCC)C2CCCCC2C1)=C/C. The van der Waals surface area contributed by atoms with Crippen molar-refractivity contribution in [1.29, 1.82) is 0 Å². The molecule has 0 spiro atoms. The van der Waals surface area contributed by atoms with Gasteiger partial charge in [-0.15, -0.1) is 0 Å². The second kappa shape index (κ2) is 13.9. The van der Waals surface area contributed by atoms with Crippen LogP contribution >= 0.6 is 0 Å². The number of nitrogens with zero attached hydrogens (tertiary/aromatic N) is 1. The van der Waals surface area contributed by atoms with Crippen LogP contribution in [0.1, 0.15) is 78.2 Å².